The molecule has 1 heterocycles. The Morgan fingerprint density at radius 3 is 2.45 bits per heavy atom. The molecule has 0 spiro atoms. The molecule has 6 nitrogen and oxygen atoms in total. The summed E-state index contributed by atoms with van der Waals surface area (Å²) in [7, 11) is 3.16. The number of hydrogen-bond donors (Lipinski definition) is 1. The Kier molecular flexibility index (Phi) is 5.92. The van der Waals surface area contributed by atoms with Gasteiger partial charge in [-0.15, -0.1) is 0 Å². The maximum Gasteiger partial charge on any atom is 0.189 e. The van der Waals surface area contributed by atoms with Crippen molar-refractivity contribution >= 4 is 34.0 Å². The average Bonchev–Trinajstić information content (AvgIpc) is 2.83. The normalized spacial score (nSPS) is 10.5. The van der Waals surface area contributed by atoms with E-state index in [1.54, 1.807) is 20.3 Å². The fourth-order valence-electron chi connectivity index (χ4n) is 3.38. The van der Waals surface area contributed by atoms with Crippen molar-refractivity contribution in [2.24, 2.45) is 0 Å². The highest BCUT2D eigenvalue weighted by Gasteiger charge is 2.18. The zero-order valence-corrected chi connectivity index (χ0v) is 18.2. The zero-order chi connectivity index (χ0) is 21.8. The molecule has 31 heavy (non-hydrogen) atoms. The molecule has 4 aromatic rings. The van der Waals surface area contributed by atoms with Crippen LogP contribution in [0.15, 0.2) is 65.8 Å². The Bertz CT molecular complexity index is 1300. The molecule has 0 saturated carbocycles. The van der Waals surface area contributed by atoms with Crippen molar-refractivity contribution in [2.45, 2.75) is 5.16 Å². The number of ether oxygens (including phenoxy) is 2. The van der Waals surface area contributed by atoms with Crippen molar-refractivity contribution < 1.29 is 9.47 Å². The van der Waals surface area contributed by atoms with E-state index in [4.69, 9.17) is 9.47 Å². The van der Waals surface area contributed by atoms with Gasteiger partial charge >= 0.3 is 0 Å². The van der Waals surface area contributed by atoms with Crippen LogP contribution in [0.1, 0.15) is 5.56 Å². The Hall–Kier alpha value is -3.76. The molecular weight excluding hydrogens is 408 g/mol. The molecule has 4 rings (SSSR count). The molecule has 3 aromatic carbocycles. The molecule has 0 aliphatic carbocycles. The number of nitrogens with one attached hydrogen (secondary N) is 1. The molecule has 0 fully saturated rings. The molecule has 7 heteroatoms. The largest absolute Gasteiger partial charge is 0.493 e. The molecule has 154 valence electrons. The molecule has 1 N–H and O–H groups in total. The predicted molar refractivity (Wildman–Crippen MR) is 124 cm³/mol. The standard InChI is InChI=1S/C24H20N4O2S/c1-29-20-12-11-16(13-21(20)30-2)22-18(14-25)23(28-24(27-22)31-3)26-19-10-6-8-15-7-4-5-9-17(15)19/h4-13H,1-3H3,(H,26,27,28). The maximum atomic E-state index is 10.0. The summed E-state index contributed by atoms with van der Waals surface area (Å²) in [6.45, 7) is 0. The first kappa shape index (κ1) is 20.5. The van der Waals surface area contributed by atoms with Crippen LogP contribution < -0.4 is 14.8 Å². The summed E-state index contributed by atoms with van der Waals surface area (Å²) >= 11 is 1.42. The number of aromatic nitrogens is 2. The number of anilines is 2. The van der Waals surface area contributed by atoms with Crippen LogP contribution in [0, 0.1) is 11.3 Å². The summed E-state index contributed by atoms with van der Waals surface area (Å²) in [4.78, 5) is 9.21. The van der Waals surface area contributed by atoms with Gasteiger partial charge in [-0.25, -0.2) is 9.97 Å². The highest BCUT2D eigenvalue weighted by Crippen LogP contribution is 2.36. The summed E-state index contributed by atoms with van der Waals surface area (Å²) in [6.07, 6.45) is 1.90. The highest BCUT2D eigenvalue weighted by molar-refractivity contribution is 7.98. The van der Waals surface area contributed by atoms with E-state index in [9.17, 15) is 5.26 Å². The van der Waals surface area contributed by atoms with E-state index in [1.807, 2.05) is 60.9 Å². The highest BCUT2D eigenvalue weighted by atomic mass is 32.2. The van der Waals surface area contributed by atoms with Crippen molar-refractivity contribution in [3.8, 4) is 28.8 Å². The lowest BCUT2D eigenvalue weighted by Crippen LogP contribution is -2.04. The van der Waals surface area contributed by atoms with Crippen LogP contribution in [0.25, 0.3) is 22.0 Å². The second-order valence-corrected chi connectivity index (χ2v) is 7.39. The molecule has 0 bridgehead atoms. The van der Waals surface area contributed by atoms with E-state index in [0.29, 0.717) is 33.7 Å². The second-order valence-electron chi connectivity index (χ2n) is 6.62. The van der Waals surface area contributed by atoms with Crippen molar-refractivity contribution in [3.63, 3.8) is 0 Å². The van der Waals surface area contributed by atoms with Crippen LogP contribution in [-0.2, 0) is 0 Å². The quantitative estimate of drug-likeness (QED) is 0.314. The van der Waals surface area contributed by atoms with E-state index in [0.717, 1.165) is 22.0 Å². The average molecular weight is 429 g/mol. The topological polar surface area (TPSA) is 80.1 Å². The Balaban J connectivity index is 1.87. The first-order valence-electron chi connectivity index (χ1n) is 9.51. The number of benzene rings is 3. The molecule has 0 aliphatic heterocycles. The van der Waals surface area contributed by atoms with Gasteiger partial charge in [0.25, 0.3) is 0 Å². The number of methoxy groups -OCH3 is 2. The Labute approximate surface area is 184 Å². The molecule has 0 unspecified atom stereocenters. The predicted octanol–water partition coefficient (Wildman–Crippen LogP) is 5.65. The van der Waals surface area contributed by atoms with Crippen LogP contribution in [0.5, 0.6) is 11.5 Å². The van der Waals surface area contributed by atoms with E-state index in [1.165, 1.54) is 11.8 Å². The summed E-state index contributed by atoms with van der Waals surface area (Å²) in [6, 6.07) is 21.8. The second kappa shape index (κ2) is 8.94. The molecular formula is C24H20N4O2S. The van der Waals surface area contributed by atoms with Crippen LogP contribution in [0.3, 0.4) is 0 Å². The maximum absolute atomic E-state index is 10.0. The summed E-state index contributed by atoms with van der Waals surface area (Å²) in [5, 5.41) is 16.1. The van der Waals surface area contributed by atoms with Gasteiger partial charge in [-0.3, -0.25) is 0 Å². The van der Waals surface area contributed by atoms with Crippen molar-refractivity contribution in [1.82, 2.24) is 9.97 Å². The lowest BCUT2D eigenvalue weighted by atomic mass is 10.1. The smallest absolute Gasteiger partial charge is 0.189 e. The van der Waals surface area contributed by atoms with Crippen molar-refractivity contribution in [1.29, 1.82) is 5.26 Å². The van der Waals surface area contributed by atoms with E-state index in [2.05, 4.69) is 21.4 Å². The fraction of sp³-hybridized carbons (Fsp3) is 0.125. The third-order valence-electron chi connectivity index (χ3n) is 4.88. The van der Waals surface area contributed by atoms with Crippen LogP contribution >= 0.6 is 11.8 Å². The first-order valence-corrected chi connectivity index (χ1v) is 10.7. The van der Waals surface area contributed by atoms with E-state index in [-0.39, 0.29) is 0 Å². The minimum atomic E-state index is 0.359. The number of fused-ring (bicyclic) bond motifs is 1. The van der Waals surface area contributed by atoms with Gasteiger partial charge in [0.05, 0.1) is 19.9 Å². The summed E-state index contributed by atoms with van der Waals surface area (Å²) in [5.74, 6) is 1.64. The van der Waals surface area contributed by atoms with Crippen molar-refractivity contribution in [3.05, 3.63) is 66.2 Å². The van der Waals surface area contributed by atoms with Crippen molar-refractivity contribution in [2.75, 3.05) is 25.8 Å². The molecule has 0 aliphatic rings. The monoisotopic (exact) mass is 428 g/mol. The van der Waals surface area contributed by atoms with Gasteiger partial charge in [0.1, 0.15) is 11.6 Å². The number of thioether (sulfide) groups is 1. The Morgan fingerprint density at radius 1 is 0.935 bits per heavy atom. The lowest BCUT2D eigenvalue weighted by molar-refractivity contribution is 0.355. The lowest BCUT2D eigenvalue weighted by Gasteiger charge is -2.15. The van der Waals surface area contributed by atoms with E-state index >= 15 is 0 Å². The Morgan fingerprint density at radius 2 is 1.71 bits per heavy atom. The van der Waals surface area contributed by atoms with Gasteiger partial charge in [0.15, 0.2) is 22.5 Å². The zero-order valence-electron chi connectivity index (χ0n) is 17.3. The van der Waals surface area contributed by atoms with Gasteiger partial charge < -0.3 is 14.8 Å². The third kappa shape index (κ3) is 3.98. The third-order valence-corrected chi connectivity index (χ3v) is 5.43. The minimum Gasteiger partial charge on any atom is -0.493 e. The SMILES string of the molecule is COc1ccc(-c2nc(SC)nc(Nc3cccc4ccccc34)c2C#N)cc1OC. The van der Waals surface area contributed by atoms with E-state index < -0.39 is 0 Å². The van der Waals surface area contributed by atoms with Gasteiger partial charge in [0.2, 0.25) is 0 Å². The molecule has 0 atom stereocenters. The molecule has 0 amide bonds. The summed E-state index contributed by atoms with van der Waals surface area (Å²) in [5.41, 5.74) is 2.51. The first-order chi connectivity index (χ1) is 15.2. The fourth-order valence-corrected chi connectivity index (χ4v) is 3.75. The van der Waals surface area contributed by atoms with Gasteiger partial charge in [-0.1, -0.05) is 48.2 Å². The molecule has 0 saturated heterocycles. The van der Waals surface area contributed by atoms with Gasteiger partial charge in [0, 0.05) is 16.6 Å². The van der Waals surface area contributed by atoms with Crippen LogP contribution in [0.2, 0.25) is 0 Å². The number of nitriles is 1. The minimum absolute atomic E-state index is 0.359. The number of nitrogens with zero attached hydrogens (tertiary/aromatic N) is 3. The number of rotatable bonds is 6. The number of hydrogen-bond acceptors (Lipinski definition) is 7. The summed E-state index contributed by atoms with van der Waals surface area (Å²) < 4.78 is 10.8. The molecule has 0 radical (unpaired) electrons. The molecule has 1 aromatic heterocycles. The van der Waals surface area contributed by atoms with Gasteiger partial charge in [-0.05, 0) is 35.9 Å². The van der Waals surface area contributed by atoms with Gasteiger partial charge in [-0.2, -0.15) is 5.26 Å². The van der Waals surface area contributed by atoms with Crippen LogP contribution in [0.4, 0.5) is 11.5 Å². The van der Waals surface area contributed by atoms with Crippen LogP contribution in [-0.4, -0.2) is 30.4 Å².